The average Bonchev–Trinajstić information content (AvgIpc) is 2.79. The molecule has 1 saturated carbocycles. The molecule has 0 aromatic heterocycles. The number of likely N-dealkylation sites (N-methyl/N-ethyl adjacent to an activating group) is 1. The van der Waals surface area contributed by atoms with Crippen LogP contribution in [0.15, 0.2) is 0 Å². The number of aliphatic hydroxyl groups is 4. The van der Waals surface area contributed by atoms with Gasteiger partial charge >= 0.3 is 0 Å². The first-order valence-corrected chi connectivity index (χ1v) is 11.1. The lowest BCUT2D eigenvalue weighted by Crippen LogP contribution is -2.68. The summed E-state index contributed by atoms with van der Waals surface area (Å²) >= 11 is 0. The molecule has 6 unspecified atom stereocenters. The molecule has 0 aromatic rings. The molecule has 13 atom stereocenters. The molecule has 0 amide bonds. The highest BCUT2D eigenvalue weighted by Crippen LogP contribution is 2.31. The Morgan fingerprint density at radius 2 is 1.59 bits per heavy atom. The number of rotatable bonds is 7. The van der Waals surface area contributed by atoms with E-state index in [0.717, 1.165) is 6.42 Å². The molecule has 13 nitrogen and oxygen atoms in total. The van der Waals surface area contributed by atoms with Crippen molar-refractivity contribution in [2.24, 2.45) is 22.9 Å². The highest BCUT2D eigenvalue weighted by molar-refractivity contribution is 5.01. The fraction of sp³-hybridized carbons (Fsp3) is 1.00. The Morgan fingerprint density at radius 1 is 0.906 bits per heavy atom. The predicted octanol–water partition coefficient (Wildman–Crippen LogP) is -5.01. The maximum absolute atomic E-state index is 11.1. The van der Waals surface area contributed by atoms with Crippen molar-refractivity contribution < 1.29 is 39.4 Å². The Morgan fingerprint density at radius 3 is 2.22 bits per heavy atom. The Bertz CT molecular complexity index is 592. The normalized spacial score (nSPS) is 50.3. The Kier molecular flexibility index (Phi) is 9.19. The van der Waals surface area contributed by atoms with Gasteiger partial charge in [-0.25, -0.2) is 0 Å². The van der Waals surface area contributed by atoms with Crippen molar-refractivity contribution >= 4 is 0 Å². The molecule has 188 valence electrons. The minimum absolute atomic E-state index is 0.192. The average molecular weight is 466 g/mol. The van der Waals surface area contributed by atoms with Gasteiger partial charge < -0.3 is 67.6 Å². The highest BCUT2D eigenvalue weighted by atomic mass is 16.7. The maximum atomic E-state index is 11.1. The molecule has 32 heavy (non-hydrogen) atoms. The van der Waals surface area contributed by atoms with Crippen molar-refractivity contribution in [3.63, 3.8) is 0 Å². The molecule has 3 rings (SSSR count). The lowest BCUT2D eigenvalue weighted by atomic mass is 9.83. The number of ether oxygens (including phenoxy) is 4. The van der Waals surface area contributed by atoms with Crippen LogP contribution in [-0.4, -0.2) is 120 Å². The van der Waals surface area contributed by atoms with Crippen LogP contribution < -0.4 is 28.3 Å². The molecular formula is C19H39N5O8. The predicted molar refractivity (Wildman–Crippen MR) is 112 cm³/mol. The van der Waals surface area contributed by atoms with E-state index in [-0.39, 0.29) is 6.10 Å². The van der Waals surface area contributed by atoms with Gasteiger partial charge in [0.25, 0.3) is 0 Å². The molecule has 2 aliphatic heterocycles. The first kappa shape index (κ1) is 26.1. The van der Waals surface area contributed by atoms with E-state index in [1.54, 1.807) is 7.05 Å². The molecule has 0 aromatic carbocycles. The monoisotopic (exact) mass is 465 g/mol. The van der Waals surface area contributed by atoms with E-state index in [4.69, 9.17) is 41.9 Å². The second kappa shape index (κ2) is 11.3. The maximum Gasteiger partial charge on any atom is 0.186 e. The first-order valence-electron chi connectivity index (χ1n) is 11.1. The summed E-state index contributed by atoms with van der Waals surface area (Å²) in [7, 11) is 1.69. The van der Waals surface area contributed by atoms with Crippen LogP contribution in [0.4, 0.5) is 0 Å². The third-order valence-corrected chi connectivity index (χ3v) is 6.67. The summed E-state index contributed by atoms with van der Waals surface area (Å²) in [5.41, 5.74) is 24.0. The second-order valence-corrected chi connectivity index (χ2v) is 8.87. The van der Waals surface area contributed by atoms with Gasteiger partial charge in [-0.1, -0.05) is 0 Å². The number of nitrogens with two attached hydrogens (primary N) is 4. The summed E-state index contributed by atoms with van der Waals surface area (Å²) in [4.78, 5) is 0. The molecule has 0 bridgehead atoms. The van der Waals surface area contributed by atoms with Crippen molar-refractivity contribution in [3.05, 3.63) is 0 Å². The van der Waals surface area contributed by atoms with Crippen LogP contribution in [0.3, 0.4) is 0 Å². The van der Waals surface area contributed by atoms with Crippen molar-refractivity contribution in [2.45, 2.75) is 98.7 Å². The third-order valence-electron chi connectivity index (χ3n) is 6.67. The number of aliphatic hydroxyl groups excluding tert-OH is 4. The van der Waals surface area contributed by atoms with Gasteiger partial charge in [-0.15, -0.1) is 0 Å². The molecule has 3 aliphatic rings. The zero-order chi connectivity index (χ0) is 23.6. The van der Waals surface area contributed by atoms with Crippen LogP contribution >= 0.6 is 0 Å². The summed E-state index contributed by atoms with van der Waals surface area (Å²) in [6.07, 6.45) is -7.19. The molecular weight excluding hydrogens is 426 g/mol. The van der Waals surface area contributed by atoms with E-state index in [1.807, 2.05) is 0 Å². The van der Waals surface area contributed by atoms with Gasteiger partial charge in [-0.2, -0.15) is 0 Å². The molecule has 0 radical (unpaired) electrons. The van der Waals surface area contributed by atoms with Gasteiger partial charge in [0, 0.05) is 18.6 Å². The number of nitrogens with one attached hydrogen (secondary N) is 1. The fourth-order valence-electron chi connectivity index (χ4n) is 4.60. The van der Waals surface area contributed by atoms with E-state index < -0.39 is 80.0 Å². The highest BCUT2D eigenvalue weighted by Gasteiger charge is 2.50. The van der Waals surface area contributed by atoms with Crippen LogP contribution in [-0.2, 0) is 18.9 Å². The van der Waals surface area contributed by atoms with Gasteiger partial charge in [0.05, 0.1) is 24.8 Å². The van der Waals surface area contributed by atoms with Crippen LogP contribution in [0.1, 0.15) is 19.3 Å². The second-order valence-electron chi connectivity index (χ2n) is 8.87. The third kappa shape index (κ3) is 5.41. The SMILES string of the molecule is CN[C@@H]1CC(N)C(O[C@H]2OC(CN)CC[C@@H]2N)[C@H](O)C1O[C@@H]1OC(CO)[C@@H](O)C(N)[C@@H]1O. The van der Waals surface area contributed by atoms with Gasteiger partial charge in [-0.3, -0.25) is 0 Å². The van der Waals surface area contributed by atoms with Crippen molar-refractivity contribution in [3.8, 4) is 0 Å². The zero-order valence-corrected chi connectivity index (χ0v) is 18.3. The Labute approximate surface area is 187 Å². The standard InChI is InChI=1S/C19H39N5O8/c1-24-10-4-9(22)16(31-18-8(21)3-2-7(5-20)29-18)15(28)17(10)32-19-14(27)12(23)13(26)11(6-25)30-19/h7-19,24-28H,2-6,20-23H2,1H3/t7?,8-,9?,10+,11?,12?,13+,14-,15-,16?,17?,18+,19-/m0/s1. The summed E-state index contributed by atoms with van der Waals surface area (Å²) in [6, 6.07) is -2.45. The van der Waals surface area contributed by atoms with E-state index in [0.29, 0.717) is 19.4 Å². The summed E-state index contributed by atoms with van der Waals surface area (Å²) in [5.74, 6) is 0. The zero-order valence-electron chi connectivity index (χ0n) is 18.3. The minimum Gasteiger partial charge on any atom is -0.394 e. The summed E-state index contributed by atoms with van der Waals surface area (Å²) in [6.45, 7) is -0.186. The topological polar surface area (TPSA) is 234 Å². The molecule has 2 saturated heterocycles. The molecule has 13 heteroatoms. The summed E-state index contributed by atoms with van der Waals surface area (Å²) < 4.78 is 23.3. The van der Waals surface area contributed by atoms with Crippen molar-refractivity contribution in [1.29, 1.82) is 0 Å². The summed E-state index contributed by atoms with van der Waals surface area (Å²) in [5, 5.41) is 44.1. The van der Waals surface area contributed by atoms with E-state index >= 15 is 0 Å². The van der Waals surface area contributed by atoms with Crippen LogP contribution in [0.5, 0.6) is 0 Å². The largest absolute Gasteiger partial charge is 0.394 e. The van der Waals surface area contributed by atoms with Gasteiger partial charge in [0.1, 0.15) is 36.6 Å². The van der Waals surface area contributed by atoms with Crippen molar-refractivity contribution in [1.82, 2.24) is 5.32 Å². The van der Waals surface area contributed by atoms with Gasteiger partial charge in [0.2, 0.25) is 0 Å². The first-order chi connectivity index (χ1) is 15.2. The fourth-order valence-corrected chi connectivity index (χ4v) is 4.60. The van der Waals surface area contributed by atoms with Gasteiger partial charge in [-0.05, 0) is 26.3 Å². The molecule has 13 N–H and O–H groups in total. The Hall–Kier alpha value is -0.520. The minimum atomic E-state index is -1.38. The van der Waals surface area contributed by atoms with Gasteiger partial charge in [0.15, 0.2) is 12.6 Å². The van der Waals surface area contributed by atoms with Crippen LogP contribution in [0.2, 0.25) is 0 Å². The van der Waals surface area contributed by atoms with Crippen LogP contribution in [0.25, 0.3) is 0 Å². The van der Waals surface area contributed by atoms with E-state index in [2.05, 4.69) is 5.32 Å². The lowest BCUT2D eigenvalue weighted by molar-refractivity contribution is -0.314. The van der Waals surface area contributed by atoms with Crippen LogP contribution in [0, 0.1) is 0 Å². The van der Waals surface area contributed by atoms with Crippen molar-refractivity contribution in [2.75, 3.05) is 20.2 Å². The molecule has 3 fully saturated rings. The van der Waals surface area contributed by atoms with E-state index in [1.165, 1.54) is 0 Å². The smallest absolute Gasteiger partial charge is 0.186 e. The quantitative estimate of drug-likeness (QED) is 0.171. The molecule has 2 heterocycles. The number of hydrogen-bond donors (Lipinski definition) is 9. The lowest BCUT2D eigenvalue weighted by Gasteiger charge is -2.48. The number of hydrogen-bond acceptors (Lipinski definition) is 13. The molecule has 1 aliphatic carbocycles. The Balaban J connectivity index is 1.73. The molecule has 0 spiro atoms. The van der Waals surface area contributed by atoms with E-state index in [9.17, 15) is 20.4 Å².